The van der Waals surface area contributed by atoms with E-state index in [4.69, 9.17) is 9.15 Å². The first-order valence-corrected chi connectivity index (χ1v) is 26.7. The number of ether oxygens (including phenoxy) is 1. The molecule has 0 amide bonds. The highest BCUT2D eigenvalue weighted by molar-refractivity contribution is 6.13. The molecular formula is C68H53N3O2. The molecule has 73 heavy (non-hydrogen) atoms. The van der Waals surface area contributed by atoms with Crippen molar-refractivity contribution >= 4 is 60.7 Å². The van der Waals surface area contributed by atoms with Gasteiger partial charge in [0.15, 0.2) is 5.58 Å². The minimum atomic E-state index is -0.0354. The molecule has 11 atom stereocenters. The molecule has 0 N–H and O–H groups in total. The van der Waals surface area contributed by atoms with Crippen LogP contribution in [0.5, 0.6) is 5.75 Å². The van der Waals surface area contributed by atoms with Gasteiger partial charge in [0.2, 0.25) is 0 Å². The molecule has 2 aromatic heterocycles. The number of furan rings is 1. The average Bonchev–Trinajstić information content (AvgIpc) is 3.94. The molecule has 17 rings (SSSR count). The van der Waals surface area contributed by atoms with Gasteiger partial charge in [-0.2, -0.15) is 0 Å². The summed E-state index contributed by atoms with van der Waals surface area (Å²) in [7, 11) is 0. The second-order valence-electron chi connectivity index (χ2n) is 22.2. The molecule has 5 heteroatoms. The number of fused-ring (bicyclic) bond motifs is 14. The summed E-state index contributed by atoms with van der Waals surface area (Å²) in [5.41, 5.74) is 16.3. The summed E-state index contributed by atoms with van der Waals surface area (Å²) in [6.07, 6.45) is 40.1. The monoisotopic (exact) mass is 943 g/mol. The van der Waals surface area contributed by atoms with Crippen molar-refractivity contribution < 1.29 is 9.15 Å². The molecule has 1 spiro atoms. The zero-order valence-corrected chi connectivity index (χ0v) is 40.6. The number of benzene rings is 6. The normalized spacial score (nSPS) is 30.3. The third-order valence-corrected chi connectivity index (χ3v) is 18.7. The highest BCUT2D eigenvalue weighted by atomic mass is 16.5. The molecule has 5 heterocycles. The highest BCUT2D eigenvalue weighted by Gasteiger charge is 2.68. The molecule has 0 radical (unpaired) electrons. The van der Waals surface area contributed by atoms with Crippen molar-refractivity contribution in [1.82, 2.24) is 4.57 Å². The van der Waals surface area contributed by atoms with E-state index in [-0.39, 0.29) is 29.5 Å². The third-order valence-electron chi connectivity index (χ3n) is 18.7. The Bertz CT molecular complexity index is 4030. The molecule has 11 unspecified atom stereocenters. The Balaban J connectivity index is 0.740. The minimum absolute atomic E-state index is 0.0354. The van der Waals surface area contributed by atoms with Crippen LogP contribution in [-0.2, 0) is 0 Å². The van der Waals surface area contributed by atoms with E-state index >= 15 is 0 Å². The van der Waals surface area contributed by atoms with E-state index in [2.05, 4.69) is 240 Å². The smallest absolute Gasteiger partial charge is 0.159 e. The topological polar surface area (TPSA) is 33.8 Å². The van der Waals surface area contributed by atoms with Gasteiger partial charge in [-0.05, 0) is 101 Å². The van der Waals surface area contributed by atoms with E-state index in [0.717, 1.165) is 46.2 Å². The molecule has 1 saturated carbocycles. The zero-order valence-electron chi connectivity index (χ0n) is 40.6. The van der Waals surface area contributed by atoms with Crippen molar-refractivity contribution in [3.05, 3.63) is 246 Å². The molecule has 5 nitrogen and oxygen atoms in total. The van der Waals surface area contributed by atoms with Gasteiger partial charge in [0.25, 0.3) is 0 Å². The molecule has 3 aliphatic heterocycles. The lowest BCUT2D eigenvalue weighted by Gasteiger charge is -2.43. The van der Waals surface area contributed by atoms with Gasteiger partial charge in [0.1, 0.15) is 17.4 Å². The third kappa shape index (κ3) is 5.47. The first kappa shape index (κ1) is 40.6. The number of aromatic nitrogens is 1. The van der Waals surface area contributed by atoms with Crippen LogP contribution in [0.4, 0.5) is 11.4 Å². The Kier molecular flexibility index (Phi) is 8.22. The predicted octanol–water partition coefficient (Wildman–Crippen LogP) is 15.5. The van der Waals surface area contributed by atoms with Gasteiger partial charge < -0.3 is 23.5 Å². The summed E-state index contributed by atoms with van der Waals surface area (Å²) >= 11 is 0. The van der Waals surface area contributed by atoms with Crippen molar-refractivity contribution in [3.8, 4) is 11.4 Å². The quantitative estimate of drug-likeness (QED) is 0.161. The summed E-state index contributed by atoms with van der Waals surface area (Å²) in [6, 6.07) is 46.3. The average molecular weight is 944 g/mol. The van der Waals surface area contributed by atoms with Crippen LogP contribution in [0.2, 0.25) is 0 Å². The Labute approximate surface area is 425 Å². The van der Waals surface area contributed by atoms with Crippen molar-refractivity contribution in [2.45, 2.75) is 67.3 Å². The fourth-order valence-corrected chi connectivity index (χ4v) is 15.5. The van der Waals surface area contributed by atoms with Gasteiger partial charge in [0.05, 0.1) is 40.0 Å². The number of hydrogen-bond acceptors (Lipinski definition) is 4. The summed E-state index contributed by atoms with van der Waals surface area (Å²) in [6.45, 7) is 2.52. The number of anilines is 2. The lowest BCUT2D eigenvalue weighted by Crippen LogP contribution is -2.47. The van der Waals surface area contributed by atoms with E-state index in [1.165, 1.54) is 61.0 Å². The first-order chi connectivity index (χ1) is 36.1. The van der Waals surface area contributed by atoms with Crippen LogP contribution in [-0.4, -0.2) is 34.3 Å². The largest absolute Gasteiger partial charge is 0.483 e. The van der Waals surface area contributed by atoms with Crippen molar-refractivity contribution in [1.29, 1.82) is 0 Å². The van der Waals surface area contributed by atoms with Gasteiger partial charge in [-0.1, -0.05) is 171 Å². The highest BCUT2D eigenvalue weighted by Crippen LogP contribution is 2.68. The summed E-state index contributed by atoms with van der Waals surface area (Å²) in [5, 5.41) is 4.83. The van der Waals surface area contributed by atoms with E-state index in [1.54, 1.807) is 5.57 Å². The Morgan fingerprint density at radius 3 is 2.32 bits per heavy atom. The van der Waals surface area contributed by atoms with Crippen molar-refractivity contribution in [3.63, 3.8) is 0 Å². The summed E-state index contributed by atoms with van der Waals surface area (Å²) in [5.74, 6) is 3.00. The minimum Gasteiger partial charge on any atom is -0.483 e. The standard InChI is InChI=1S/C68H53N3O2/c1-40-46(42-30-34-59-54(37-42)47-17-5-9-23-57(47)70(59)61-25-13-21-51-48-18-7-11-27-63(48)72-66(51)61)31-32-50-55-36-41(29-33-58(55)69(65(40)50)45-15-3-2-4-16-45)43-35-44-39-68(44)56(38-43)53-20-6-10-24-60(53)71(68)62-26-14-22-52-49-19-8-12-28-64(49)73-67(52)62/h2-15,17-38,40,44-46,49-50,53,60,64-65H,16,39H2,1H3. The van der Waals surface area contributed by atoms with Crippen LogP contribution in [0.15, 0.2) is 229 Å². The number of hydrogen-bond donors (Lipinski definition) is 0. The van der Waals surface area contributed by atoms with Crippen LogP contribution in [0, 0.1) is 17.8 Å². The molecule has 8 aromatic rings. The lowest BCUT2D eigenvalue weighted by atomic mass is 9.72. The molecule has 9 aliphatic rings. The fourth-order valence-electron chi connectivity index (χ4n) is 15.5. The van der Waals surface area contributed by atoms with Gasteiger partial charge in [-0.3, -0.25) is 0 Å². The fraction of sp³-hybridized carbons (Fsp3) is 0.206. The second kappa shape index (κ2) is 14.8. The van der Waals surface area contributed by atoms with Crippen LogP contribution < -0.4 is 14.5 Å². The molecule has 0 bridgehead atoms. The van der Waals surface area contributed by atoms with Crippen LogP contribution in [0.25, 0.3) is 55.0 Å². The first-order valence-electron chi connectivity index (χ1n) is 26.7. The summed E-state index contributed by atoms with van der Waals surface area (Å²) < 4.78 is 15.9. The van der Waals surface area contributed by atoms with Gasteiger partial charge in [-0.15, -0.1) is 0 Å². The van der Waals surface area contributed by atoms with Gasteiger partial charge in [-0.25, -0.2) is 0 Å². The molecule has 352 valence electrons. The van der Waals surface area contributed by atoms with E-state index in [9.17, 15) is 0 Å². The predicted molar refractivity (Wildman–Crippen MR) is 298 cm³/mol. The van der Waals surface area contributed by atoms with E-state index < -0.39 is 0 Å². The maximum absolute atomic E-state index is 6.84. The van der Waals surface area contributed by atoms with Gasteiger partial charge in [0, 0.05) is 68.4 Å². The summed E-state index contributed by atoms with van der Waals surface area (Å²) in [4.78, 5) is 5.58. The Hall–Kier alpha value is -8.02. The van der Waals surface area contributed by atoms with Crippen LogP contribution in [0.1, 0.15) is 59.8 Å². The number of para-hydroxylation sites is 4. The molecule has 6 aromatic carbocycles. The number of allylic oxidation sites excluding steroid dienone is 9. The van der Waals surface area contributed by atoms with E-state index in [1.807, 2.05) is 0 Å². The van der Waals surface area contributed by atoms with E-state index in [0.29, 0.717) is 35.8 Å². The van der Waals surface area contributed by atoms with Crippen LogP contribution in [0.3, 0.4) is 0 Å². The van der Waals surface area contributed by atoms with Crippen molar-refractivity contribution in [2.75, 3.05) is 9.80 Å². The van der Waals surface area contributed by atoms with Gasteiger partial charge >= 0.3 is 0 Å². The lowest BCUT2D eigenvalue weighted by molar-refractivity contribution is 0.269. The Morgan fingerprint density at radius 2 is 1.38 bits per heavy atom. The zero-order chi connectivity index (χ0) is 47.7. The molecule has 1 saturated heterocycles. The Morgan fingerprint density at radius 1 is 0.589 bits per heavy atom. The maximum atomic E-state index is 6.84. The van der Waals surface area contributed by atoms with Crippen LogP contribution >= 0.6 is 0 Å². The molecular weight excluding hydrogens is 891 g/mol. The number of rotatable bonds is 5. The number of nitrogens with zero attached hydrogens (tertiary/aromatic N) is 3. The second-order valence-corrected chi connectivity index (χ2v) is 22.2. The molecule has 6 aliphatic carbocycles. The SMILES string of the molecule is CC1C(c2ccc3c(c2)c2ccccc2n3-c2cccc3c2oc2ccccc23)C=CC2c3cc(C4=CC5CC56C(=C4)C4C=CC=CC4N6c4cccc5c4OC4C=CC=CC54)ccc3N(C3C=CC=CC3)C21. The van der Waals surface area contributed by atoms with Crippen molar-refractivity contribution in [2.24, 2.45) is 17.8 Å². The molecule has 2 fully saturated rings. The maximum Gasteiger partial charge on any atom is 0.159 e.